The zero-order valence-corrected chi connectivity index (χ0v) is 10.0. The Morgan fingerprint density at radius 3 is 2.72 bits per heavy atom. The molecule has 1 rings (SSSR count). The molecule has 0 fully saturated rings. The van der Waals surface area contributed by atoms with E-state index in [1.54, 1.807) is 7.05 Å². The zero-order chi connectivity index (χ0) is 13.7. The van der Waals surface area contributed by atoms with Gasteiger partial charge in [-0.25, -0.2) is 14.6 Å². The van der Waals surface area contributed by atoms with Gasteiger partial charge in [-0.15, -0.1) is 0 Å². The molecule has 0 aromatic carbocycles. The van der Waals surface area contributed by atoms with Gasteiger partial charge in [0.05, 0.1) is 6.54 Å². The number of carbonyl (C=O) groups is 3. The first kappa shape index (κ1) is 14.1. The number of carboxylic acid groups (broad SMARTS) is 1. The molecule has 8 nitrogen and oxygen atoms in total. The molecule has 100 valence electrons. The van der Waals surface area contributed by atoms with Crippen LogP contribution in [0.4, 0.5) is 4.79 Å². The lowest BCUT2D eigenvalue weighted by Gasteiger charge is -2.14. The Bertz CT molecular complexity index is 393. The van der Waals surface area contributed by atoms with Crippen molar-refractivity contribution in [2.75, 3.05) is 20.1 Å². The molecule has 0 radical (unpaired) electrons. The maximum atomic E-state index is 11.3. The van der Waals surface area contributed by atoms with Gasteiger partial charge in [0, 0.05) is 32.1 Å². The van der Waals surface area contributed by atoms with Crippen LogP contribution in [0.1, 0.15) is 12.8 Å². The molecule has 1 heterocycles. The van der Waals surface area contributed by atoms with Crippen LogP contribution in [0.5, 0.6) is 0 Å². The smallest absolute Gasteiger partial charge is 0.343 e. The predicted octanol–water partition coefficient (Wildman–Crippen LogP) is -1.20. The number of carbonyl (C=O) groups excluding carboxylic acids is 2. The van der Waals surface area contributed by atoms with Gasteiger partial charge in [0.2, 0.25) is 5.91 Å². The SMILES string of the molecule is CN1CC(C[C@H](NC(=O)CCN)C(=O)O)=NC1=O. The van der Waals surface area contributed by atoms with Gasteiger partial charge in [-0.05, 0) is 0 Å². The number of hydrogen-bond donors (Lipinski definition) is 3. The van der Waals surface area contributed by atoms with E-state index in [-0.39, 0.29) is 25.9 Å². The second-order valence-corrected chi connectivity index (χ2v) is 4.02. The van der Waals surface area contributed by atoms with Crippen molar-refractivity contribution >= 4 is 23.6 Å². The molecule has 0 saturated heterocycles. The topological polar surface area (TPSA) is 125 Å². The van der Waals surface area contributed by atoms with Crippen molar-refractivity contribution in [2.24, 2.45) is 10.7 Å². The maximum Gasteiger partial charge on any atom is 0.343 e. The van der Waals surface area contributed by atoms with E-state index in [4.69, 9.17) is 10.8 Å². The zero-order valence-electron chi connectivity index (χ0n) is 10.0. The fourth-order valence-corrected chi connectivity index (χ4v) is 1.54. The van der Waals surface area contributed by atoms with E-state index in [9.17, 15) is 14.4 Å². The van der Waals surface area contributed by atoms with Crippen molar-refractivity contribution in [3.8, 4) is 0 Å². The van der Waals surface area contributed by atoms with E-state index in [0.29, 0.717) is 5.71 Å². The first-order valence-corrected chi connectivity index (χ1v) is 5.47. The summed E-state index contributed by atoms with van der Waals surface area (Å²) in [6, 6.07) is -1.48. The number of hydrogen-bond acceptors (Lipinski definition) is 4. The third-order valence-electron chi connectivity index (χ3n) is 2.44. The van der Waals surface area contributed by atoms with Gasteiger partial charge in [-0.2, -0.15) is 0 Å². The molecule has 0 saturated carbocycles. The van der Waals surface area contributed by atoms with Gasteiger partial charge in [-0.3, -0.25) is 4.79 Å². The summed E-state index contributed by atoms with van der Waals surface area (Å²) in [5.74, 6) is -1.59. The highest BCUT2D eigenvalue weighted by Gasteiger charge is 2.26. The lowest BCUT2D eigenvalue weighted by atomic mass is 10.1. The fraction of sp³-hybridized carbons (Fsp3) is 0.600. The Kier molecular flexibility index (Phi) is 4.78. The van der Waals surface area contributed by atoms with E-state index >= 15 is 0 Å². The van der Waals surface area contributed by atoms with Crippen molar-refractivity contribution in [1.29, 1.82) is 0 Å². The molecule has 0 spiro atoms. The first-order chi connectivity index (χ1) is 8.43. The summed E-state index contributed by atoms with van der Waals surface area (Å²) in [6.45, 7) is 0.440. The van der Waals surface area contributed by atoms with Crippen molar-refractivity contribution in [1.82, 2.24) is 10.2 Å². The number of aliphatic carboxylic acids is 1. The minimum absolute atomic E-state index is 0.0156. The van der Waals surface area contributed by atoms with Crippen LogP contribution in [0.25, 0.3) is 0 Å². The van der Waals surface area contributed by atoms with Crippen LogP contribution in [0.15, 0.2) is 4.99 Å². The van der Waals surface area contributed by atoms with Crippen LogP contribution in [0, 0.1) is 0 Å². The number of urea groups is 1. The summed E-state index contributed by atoms with van der Waals surface area (Å²) in [7, 11) is 1.57. The molecular weight excluding hydrogens is 240 g/mol. The second-order valence-electron chi connectivity index (χ2n) is 4.02. The van der Waals surface area contributed by atoms with Crippen molar-refractivity contribution in [3.63, 3.8) is 0 Å². The molecule has 8 heteroatoms. The Morgan fingerprint density at radius 1 is 1.61 bits per heavy atom. The highest BCUT2D eigenvalue weighted by atomic mass is 16.4. The molecule has 0 unspecified atom stereocenters. The van der Waals surface area contributed by atoms with E-state index < -0.39 is 23.9 Å². The van der Waals surface area contributed by atoms with Crippen molar-refractivity contribution < 1.29 is 19.5 Å². The Labute approximate surface area is 104 Å². The standard InChI is InChI=1S/C10H16N4O4/c1-14-5-6(12-10(14)18)4-7(9(16)17)13-8(15)2-3-11/h7H,2-5,11H2,1H3,(H,13,15)(H,16,17)/t7-/m0/s1. The predicted molar refractivity (Wildman–Crippen MR) is 63.3 cm³/mol. The summed E-state index contributed by atoms with van der Waals surface area (Å²) in [6.07, 6.45) is 0.0802. The number of nitrogens with zero attached hydrogens (tertiary/aromatic N) is 2. The molecule has 0 aromatic heterocycles. The summed E-state index contributed by atoms with van der Waals surface area (Å²) < 4.78 is 0. The lowest BCUT2D eigenvalue weighted by Crippen LogP contribution is -2.43. The van der Waals surface area contributed by atoms with E-state index in [2.05, 4.69) is 10.3 Å². The van der Waals surface area contributed by atoms with Crippen LogP contribution in [0.3, 0.4) is 0 Å². The van der Waals surface area contributed by atoms with Gasteiger partial charge in [0.15, 0.2) is 0 Å². The van der Waals surface area contributed by atoms with E-state index in [0.717, 1.165) is 0 Å². The minimum atomic E-state index is -1.16. The average molecular weight is 256 g/mol. The molecular formula is C10H16N4O4. The van der Waals surface area contributed by atoms with Gasteiger partial charge in [0.25, 0.3) is 0 Å². The van der Waals surface area contributed by atoms with Crippen LogP contribution in [-0.4, -0.2) is 59.8 Å². The normalized spacial score (nSPS) is 16.4. The first-order valence-electron chi connectivity index (χ1n) is 5.47. The highest BCUT2D eigenvalue weighted by Crippen LogP contribution is 2.07. The fourth-order valence-electron chi connectivity index (χ4n) is 1.54. The highest BCUT2D eigenvalue weighted by molar-refractivity contribution is 6.04. The van der Waals surface area contributed by atoms with Gasteiger partial charge >= 0.3 is 12.0 Å². The molecule has 1 aliphatic rings. The number of amides is 3. The molecule has 0 aliphatic carbocycles. The monoisotopic (exact) mass is 256 g/mol. The second kappa shape index (κ2) is 6.10. The van der Waals surface area contributed by atoms with Crippen molar-refractivity contribution in [3.05, 3.63) is 0 Å². The van der Waals surface area contributed by atoms with Gasteiger partial charge in [0.1, 0.15) is 6.04 Å². The van der Waals surface area contributed by atoms with Gasteiger partial charge < -0.3 is 21.1 Å². The number of aliphatic imine (C=N–C) groups is 1. The number of nitrogens with one attached hydrogen (secondary N) is 1. The maximum absolute atomic E-state index is 11.3. The van der Waals surface area contributed by atoms with E-state index in [1.807, 2.05) is 0 Å². The number of rotatable bonds is 6. The molecule has 1 atom stereocenters. The molecule has 0 bridgehead atoms. The van der Waals surface area contributed by atoms with Crippen LogP contribution in [-0.2, 0) is 9.59 Å². The molecule has 4 N–H and O–H groups in total. The summed E-state index contributed by atoms with van der Waals surface area (Å²) in [5, 5.41) is 11.3. The third kappa shape index (κ3) is 3.81. The Balaban J connectivity index is 2.59. The largest absolute Gasteiger partial charge is 0.480 e. The molecule has 18 heavy (non-hydrogen) atoms. The third-order valence-corrected chi connectivity index (χ3v) is 2.44. The molecule has 3 amide bonds. The van der Waals surface area contributed by atoms with Crippen LogP contribution < -0.4 is 11.1 Å². The Hall–Kier alpha value is -1.96. The lowest BCUT2D eigenvalue weighted by molar-refractivity contribution is -0.141. The number of carboxylic acids is 1. The summed E-state index contributed by atoms with van der Waals surface area (Å²) in [5.41, 5.74) is 5.65. The van der Waals surface area contributed by atoms with Gasteiger partial charge in [-0.1, -0.05) is 0 Å². The average Bonchev–Trinajstić information content (AvgIpc) is 2.57. The summed E-state index contributed by atoms with van der Waals surface area (Å²) >= 11 is 0. The number of nitrogens with two attached hydrogens (primary N) is 1. The molecule has 1 aliphatic heterocycles. The summed E-state index contributed by atoms with van der Waals surface area (Å²) in [4.78, 5) is 38.5. The minimum Gasteiger partial charge on any atom is -0.480 e. The van der Waals surface area contributed by atoms with Crippen molar-refractivity contribution in [2.45, 2.75) is 18.9 Å². The molecule has 0 aromatic rings. The van der Waals surface area contributed by atoms with E-state index in [1.165, 1.54) is 4.90 Å². The van der Waals surface area contributed by atoms with Crippen LogP contribution in [0.2, 0.25) is 0 Å². The quantitative estimate of drug-likeness (QED) is 0.550. The van der Waals surface area contributed by atoms with Crippen LogP contribution >= 0.6 is 0 Å². The Morgan fingerprint density at radius 2 is 2.28 bits per heavy atom.